The zero-order chi connectivity index (χ0) is 13.2. The van der Waals surface area contributed by atoms with Gasteiger partial charge in [0.2, 0.25) is 0 Å². The second-order valence-electron chi connectivity index (χ2n) is 5.72. The molecule has 0 amide bonds. The van der Waals surface area contributed by atoms with Gasteiger partial charge in [-0.05, 0) is 22.1 Å². The number of hydrogen-bond donors (Lipinski definition) is 0. The van der Waals surface area contributed by atoms with Crippen molar-refractivity contribution < 1.29 is 0 Å². The summed E-state index contributed by atoms with van der Waals surface area (Å²) in [6.45, 7) is 6.74. The molecule has 0 fully saturated rings. The first-order valence-electron chi connectivity index (χ1n) is 6.28. The fourth-order valence-electron chi connectivity index (χ4n) is 1.98. The molecule has 0 aliphatic rings. The summed E-state index contributed by atoms with van der Waals surface area (Å²) in [6, 6.07) is 19.3. The van der Waals surface area contributed by atoms with Crippen molar-refractivity contribution in [2.45, 2.75) is 25.6 Å². The summed E-state index contributed by atoms with van der Waals surface area (Å²) in [4.78, 5) is 0.384. The van der Waals surface area contributed by atoms with E-state index in [9.17, 15) is 0 Å². The van der Waals surface area contributed by atoms with Crippen LogP contribution in [0.4, 0.5) is 0 Å². The lowest BCUT2D eigenvalue weighted by Gasteiger charge is -2.26. The second kappa shape index (κ2) is 5.27. The van der Waals surface area contributed by atoms with Crippen LogP contribution in [0.5, 0.6) is 0 Å². The van der Waals surface area contributed by atoms with Crippen LogP contribution in [0, 0.1) is 5.41 Å². The number of rotatable bonds is 2. The van der Waals surface area contributed by atoms with Crippen LogP contribution in [0.2, 0.25) is 0 Å². The van der Waals surface area contributed by atoms with Crippen molar-refractivity contribution in [1.29, 1.82) is 0 Å². The van der Waals surface area contributed by atoms with Gasteiger partial charge in [-0.1, -0.05) is 91.3 Å². The van der Waals surface area contributed by atoms with Crippen LogP contribution in [0.1, 0.15) is 31.2 Å². The highest BCUT2D eigenvalue weighted by Crippen LogP contribution is 2.40. The predicted octanol–water partition coefficient (Wildman–Crippen LogP) is 5.84. The molecule has 0 N–H and O–H groups in total. The van der Waals surface area contributed by atoms with Gasteiger partial charge in [0.25, 0.3) is 0 Å². The maximum Gasteiger partial charge on any atom is 0.0443 e. The summed E-state index contributed by atoms with van der Waals surface area (Å²) in [5, 5.41) is 0. The topological polar surface area (TPSA) is 0 Å². The van der Waals surface area contributed by atoms with Crippen molar-refractivity contribution in [3.8, 4) is 11.1 Å². The quantitative estimate of drug-likeness (QED) is 0.612. The second-order valence-corrected chi connectivity index (χ2v) is 6.63. The monoisotopic (exact) mass is 302 g/mol. The van der Waals surface area contributed by atoms with Crippen molar-refractivity contribution >= 4 is 15.9 Å². The van der Waals surface area contributed by atoms with Gasteiger partial charge in [-0.15, -0.1) is 0 Å². The van der Waals surface area contributed by atoms with Crippen LogP contribution >= 0.6 is 15.9 Å². The van der Waals surface area contributed by atoms with Crippen LogP contribution in [0.15, 0.2) is 54.6 Å². The van der Waals surface area contributed by atoms with Crippen LogP contribution in [0.3, 0.4) is 0 Å². The van der Waals surface area contributed by atoms with Gasteiger partial charge in [-0.3, -0.25) is 0 Å². The van der Waals surface area contributed by atoms with Crippen molar-refractivity contribution in [3.05, 3.63) is 60.2 Å². The molecule has 0 heterocycles. The van der Waals surface area contributed by atoms with E-state index >= 15 is 0 Å². The third-order valence-corrected chi connectivity index (χ3v) is 4.97. The maximum atomic E-state index is 3.79. The molecule has 0 aromatic heterocycles. The van der Waals surface area contributed by atoms with E-state index in [0.717, 1.165) is 0 Å². The molecule has 0 saturated heterocycles. The zero-order valence-electron chi connectivity index (χ0n) is 11.2. The first-order valence-corrected chi connectivity index (χ1v) is 7.19. The SMILES string of the molecule is CC(C)(C)C(Br)c1ccc(-c2ccccc2)cc1. The molecule has 0 aliphatic heterocycles. The fourth-order valence-corrected chi connectivity index (χ4v) is 2.28. The molecule has 94 valence electrons. The Bertz CT molecular complexity index is 491. The highest BCUT2D eigenvalue weighted by atomic mass is 79.9. The molecule has 1 atom stereocenters. The average Bonchev–Trinajstić information content (AvgIpc) is 2.38. The molecule has 2 aromatic rings. The van der Waals surface area contributed by atoms with Gasteiger partial charge in [0.15, 0.2) is 0 Å². The first-order chi connectivity index (χ1) is 8.48. The highest BCUT2D eigenvalue weighted by Gasteiger charge is 2.23. The molecule has 0 nitrogen and oxygen atoms in total. The van der Waals surface area contributed by atoms with Crippen LogP contribution in [0.25, 0.3) is 11.1 Å². The molecule has 2 aromatic carbocycles. The summed E-state index contributed by atoms with van der Waals surface area (Å²) in [6.07, 6.45) is 0. The van der Waals surface area contributed by atoms with Crippen LogP contribution < -0.4 is 0 Å². The Labute approximate surface area is 118 Å². The van der Waals surface area contributed by atoms with Gasteiger partial charge in [0.05, 0.1) is 0 Å². The normalized spacial score (nSPS) is 13.3. The average molecular weight is 303 g/mol. The lowest BCUT2D eigenvalue weighted by atomic mass is 9.87. The summed E-state index contributed by atoms with van der Waals surface area (Å²) >= 11 is 3.79. The van der Waals surface area contributed by atoms with Crippen LogP contribution in [-0.2, 0) is 0 Å². The number of halogens is 1. The molecular formula is C17H19Br. The minimum Gasteiger partial charge on any atom is -0.0833 e. The van der Waals surface area contributed by atoms with E-state index in [1.54, 1.807) is 0 Å². The minimum absolute atomic E-state index is 0.230. The lowest BCUT2D eigenvalue weighted by molar-refractivity contribution is 0.407. The van der Waals surface area contributed by atoms with Crippen LogP contribution in [-0.4, -0.2) is 0 Å². The smallest absolute Gasteiger partial charge is 0.0443 e. The van der Waals surface area contributed by atoms with Gasteiger partial charge < -0.3 is 0 Å². The summed E-state index contributed by atoms with van der Waals surface area (Å²) < 4.78 is 0. The molecule has 0 saturated carbocycles. The van der Waals surface area contributed by atoms with E-state index in [4.69, 9.17) is 0 Å². The number of alkyl halides is 1. The molecule has 1 heteroatoms. The first kappa shape index (κ1) is 13.4. The van der Waals surface area contributed by atoms with Gasteiger partial charge in [0, 0.05) is 4.83 Å². The Balaban J connectivity index is 2.26. The lowest BCUT2D eigenvalue weighted by Crippen LogP contribution is -2.12. The van der Waals surface area contributed by atoms with Crippen molar-refractivity contribution in [2.24, 2.45) is 5.41 Å². The van der Waals surface area contributed by atoms with Crippen molar-refractivity contribution in [2.75, 3.05) is 0 Å². The Kier molecular flexibility index (Phi) is 3.91. The standard InChI is InChI=1S/C17H19Br/c1-17(2,3)16(18)15-11-9-14(10-12-15)13-7-5-4-6-8-13/h4-12,16H,1-3H3. The van der Waals surface area contributed by atoms with Gasteiger partial charge in [-0.25, -0.2) is 0 Å². The van der Waals surface area contributed by atoms with Crippen molar-refractivity contribution in [3.63, 3.8) is 0 Å². The minimum atomic E-state index is 0.230. The van der Waals surface area contributed by atoms with E-state index in [1.165, 1.54) is 16.7 Å². The Hall–Kier alpha value is -1.08. The largest absolute Gasteiger partial charge is 0.0833 e. The van der Waals surface area contributed by atoms with E-state index < -0.39 is 0 Å². The summed E-state index contributed by atoms with van der Waals surface area (Å²) in [5.74, 6) is 0. The molecular weight excluding hydrogens is 284 g/mol. The Morgan fingerprint density at radius 3 is 1.78 bits per heavy atom. The zero-order valence-corrected chi connectivity index (χ0v) is 12.7. The summed E-state index contributed by atoms with van der Waals surface area (Å²) in [5.41, 5.74) is 4.11. The molecule has 2 rings (SSSR count). The van der Waals surface area contributed by atoms with Gasteiger partial charge in [-0.2, -0.15) is 0 Å². The molecule has 0 aliphatic carbocycles. The highest BCUT2D eigenvalue weighted by molar-refractivity contribution is 9.09. The fraction of sp³-hybridized carbons (Fsp3) is 0.294. The molecule has 0 bridgehead atoms. The predicted molar refractivity (Wildman–Crippen MR) is 83.0 cm³/mol. The van der Waals surface area contributed by atoms with E-state index in [0.29, 0.717) is 4.83 Å². The van der Waals surface area contributed by atoms with Crippen molar-refractivity contribution in [1.82, 2.24) is 0 Å². The molecule has 0 radical (unpaired) electrons. The Morgan fingerprint density at radius 2 is 1.28 bits per heavy atom. The Morgan fingerprint density at radius 1 is 0.778 bits per heavy atom. The molecule has 0 spiro atoms. The van der Waals surface area contributed by atoms with E-state index in [1.807, 2.05) is 6.07 Å². The number of benzene rings is 2. The maximum absolute atomic E-state index is 3.79. The van der Waals surface area contributed by atoms with Gasteiger partial charge in [0.1, 0.15) is 0 Å². The van der Waals surface area contributed by atoms with E-state index in [2.05, 4.69) is 85.2 Å². The number of hydrogen-bond acceptors (Lipinski definition) is 0. The molecule has 18 heavy (non-hydrogen) atoms. The van der Waals surface area contributed by atoms with E-state index in [-0.39, 0.29) is 5.41 Å². The summed E-state index contributed by atoms with van der Waals surface area (Å²) in [7, 11) is 0. The third kappa shape index (κ3) is 3.02. The van der Waals surface area contributed by atoms with Gasteiger partial charge >= 0.3 is 0 Å². The molecule has 1 unspecified atom stereocenters. The third-order valence-electron chi connectivity index (χ3n) is 3.07.